The molecule has 0 atom stereocenters. The number of aryl methyl sites for hydroxylation is 3. The van der Waals surface area contributed by atoms with Crippen LogP contribution in [0.1, 0.15) is 49.2 Å². The number of ether oxygens (including phenoxy) is 2. The van der Waals surface area contributed by atoms with Crippen LogP contribution in [0.25, 0.3) is 0 Å². The number of anilines is 1. The third kappa shape index (κ3) is 6.65. The van der Waals surface area contributed by atoms with Gasteiger partial charge in [-0.3, -0.25) is 14.4 Å². The van der Waals surface area contributed by atoms with Crippen LogP contribution in [-0.4, -0.2) is 43.5 Å². The van der Waals surface area contributed by atoms with Gasteiger partial charge in [-0.2, -0.15) is 0 Å². The quantitative estimate of drug-likeness (QED) is 0.603. The number of benzene rings is 1. The van der Waals surface area contributed by atoms with Crippen molar-refractivity contribution in [3.63, 3.8) is 0 Å². The van der Waals surface area contributed by atoms with E-state index in [1.54, 1.807) is 26.0 Å². The Morgan fingerprint density at radius 3 is 2.23 bits per heavy atom. The van der Waals surface area contributed by atoms with Crippen molar-refractivity contribution in [1.29, 1.82) is 0 Å². The minimum atomic E-state index is -0.753. The van der Waals surface area contributed by atoms with E-state index in [4.69, 9.17) is 9.47 Å². The lowest BCUT2D eigenvalue weighted by atomic mass is 10.1. The molecular weight excluding hydrogens is 420 g/mol. The maximum Gasteiger partial charge on any atom is 0.341 e. The van der Waals surface area contributed by atoms with E-state index in [0.29, 0.717) is 16.1 Å². The molecule has 2 amide bonds. The summed E-state index contributed by atoms with van der Waals surface area (Å²) in [4.78, 5) is 49.3. The molecule has 0 aliphatic rings. The molecule has 0 aliphatic carbocycles. The molecule has 1 heterocycles. The van der Waals surface area contributed by atoms with E-state index in [9.17, 15) is 19.2 Å². The molecule has 0 unspecified atom stereocenters. The van der Waals surface area contributed by atoms with E-state index in [2.05, 4.69) is 10.6 Å². The van der Waals surface area contributed by atoms with Crippen molar-refractivity contribution in [3.8, 4) is 0 Å². The summed E-state index contributed by atoms with van der Waals surface area (Å²) in [6, 6.07) is 5.37. The van der Waals surface area contributed by atoms with Gasteiger partial charge in [-0.05, 0) is 52.3 Å². The zero-order valence-electron chi connectivity index (χ0n) is 18.2. The van der Waals surface area contributed by atoms with Crippen LogP contribution < -0.4 is 10.6 Å². The first-order valence-electron chi connectivity index (χ1n) is 9.71. The number of esters is 2. The molecule has 0 fully saturated rings. The van der Waals surface area contributed by atoms with Crippen molar-refractivity contribution in [2.75, 3.05) is 25.1 Å². The first-order chi connectivity index (χ1) is 14.6. The van der Waals surface area contributed by atoms with Gasteiger partial charge in [0, 0.05) is 10.4 Å². The fraction of sp³-hybridized carbons (Fsp3) is 0.364. The Hall–Kier alpha value is -3.20. The molecular formula is C22H26N2O6S. The van der Waals surface area contributed by atoms with E-state index in [1.807, 2.05) is 26.8 Å². The van der Waals surface area contributed by atoms with Crippen molar-refractivity contribution in [2.24, 2.45) is 0 Å². The molecule has 31 heavy (non-hydrogen) atoms. The maximum absolute atomic E-state index is 12.2. The Kier molecular flexibility index (Phi) is 8.32. The molecule has 0 bridgehead atoms. The largest absolute Gasteiger partial charge is 0.462 e. The van der Waals surface area contributed by atoms with E-state index in [0.717, 1.165) is 21.6 Å². The lowest BCUT2D eigenvalue weighted by molar-refractivity contribution is -0.146. The zero-order chi connectivity index (χ0) is 23.1. The SMILES string of the molecule is CCOC(=O)c1c(NC(=O)COC(=O)CNC(=O)c2cc(C)cc(C)c2)sc(C)c1C. The first kappa shape index (κ1) is 24.1. The minimum absolute atomic E-state index is 0.214. The summed E-state index contributed by atoms with van der Waals surface area (Å²) >= 11 is 1.24. The fourth-order valence-corrected chi connectivity index (χ4v) is 3.95. The van der Waals surface area contributed by atoms with Gasteiger partial charge in [-0.15, -0.1) is 11.3 Å². The number of nitrogens with one attached hydrogen (secondary N) is 2. The molecule has 2 rings (SSSR count). The second kappa shape index (κ2) is 10.7. The first-order valence-corrected chi connectivity index (χ1v) is 10.5. The molecule has 1 aromatic carbocycles. The number of rotatable bonds is 8. The number of carbonyl (C=O) groups is 4. The standard InChI is InChI=1S/C22H26N2O6S/c1-6-29-22(28)19-14(4)15(5)31-21(19)24-17(25)11-30-18(26)10-23-20(27)16-8-12(2)7-13(3)9-16/h7-9H,6,10-11H2,1-5H3,(H,23,27)(H,24,25). The van der Waals surface area contributed by atoms with E-state index in [1.165, 1.54) is 11.3 Å². The van der Waals surface area contributed by atoms with Crippen LogP contribution in [0, 0.1) is 27.7 Å². The molecule has 0 saturated heterocycles. The van der Waals surface area contributed by atoms with Crippen LogP contribution in [0.5, 0.6) is 0 Å². The third-order valence-corrected chi connectivity index (χ3v) is 5.48. The fourth-order valence-electron chi connectivity index (χ4n) is 2.88. The topological polar surface area (TPSA) is 111 Å². The Bertz CT molecular complexity index is 991. The Morgan fingerprint density at radius 1 is 0.968 bits per heavy atom. The molecule has 9 heteroatoms. The third-order valence-electron chi connectivity index (χ3n) is 4.36. The van der Waals surface area contributed by atoms with E-state index < -0.39 is 30.4 Å². The van der Waals surface area contributed by atoms with Crippen molar-refractivity contribution < 1.29 is 28.7 Å². The molecule has 1 aromatic heterocycles. The summed E-state index contributed by atoms with van der Waals surface area (Å²) in [5, 5.41) is 5.40. The Balaban J connectivity index is 1.87. The van der Waals surface area contributed by atoms with Crippen molar-refractivity contribution in [3.05, 3.63) is 50.9 Å². The summed E-state index contributed by atoms with van der Waals surface area (Å²) in [7, 11) is 0. The van der Waals surface area contributed by atoms with Crippen LogP contribution in [0.3, 0.4) is 0 Å². The summed E-state index contributed by atoms with van der Waals surface area (Å²) < 4.78 is 9.96. The van der Waals surface area contributed by atoms with Gasteiger partial charge in [-0.1, -0.05) is 17.2 Å². The van der Waals surface area contributed by atoms with Crippen LogP contribution in [0.15, 0.2) is 18.2 Å². The van der Waals surface area contributed by atoms with E-state index >= 15 is 0 Å². The normalized spacial score (nSPS) is 10.4. The van der Waals surface area contributed by atoms with Gasteiger partial charge in [0.05, 0.1) is 12.2 Å². The molecule has 8 nitrogen and oxygen atoms in total. The van der Waals surface area contributed by atoms with Crippen molar-refractivity contribution in [2.45, 2.75) is 34.6 Å². The number of carbonyl (C=O) groups excluding carboxylic acids is 4. The molecule has 0 saturated carbocycles. The van der Waals surface area contributed by atoms with Gasteiger partial charge in [0.1, 0.15) is 11.5 Å². The number of hydrogen-bond donors (Lipinski definition) is 2. The average molecular weight is 447 g/mol. The lowest BCUT2D eigenvalue weighted by Crippen LogP contribution is -2.32. The molecule has 2 N–H and O–H groups in total. The molecule has 2 aromatic rings. The highest BCUT2D eigenvalue weighted by molar-refractivity contribution is 7.16. The monoisotopic (exact) mass is 446 g/mol. The van der Waals surface area contributed by atoms with Crippen molar-refractivity contribution in [1.82, 2.24) is 5.32 Å². The maximum atomic E-state index is 12.2. The summed E-state index contributed by atoms with van der Waals surface area (Å²) in [6.07, 6.45) is 0. The van der Waals surface area contributed by atoms with Crippen LogP contribution in [0.2, 0.25) is 0 Å². The number of amides is 2. The van der Waals surface area contributed by atoms with Gasteiger partial charge >= 0.3 is 11.9 Å². The second-order valence-corrected chi connectivity index (χ2v) is 8.20. The van der Waals surface area contributed by atoms with Gasteiger partial charge in [0.2, 0.25) is 0 Å². The van der Waals surface area contributed by atoms with Gasteiger partial charge < -0.3 is 20.1 Å². The Labute approximate surface area is 184 Å². The van der Waals surface area contributed by atoms with Crippen LogP contribution in [-0.2, 0) is 19.1 Å². The highest BCUT2D eigenvalue weighted by atomic mass is 32.1. The van der Waals surface area contributed by atoms with Crippen LogP contribution >= 0.6 is 11.3 Å². The number of thiophene rings is 1. The Morgan fingerprint density at radius 2 is 1.61 bits per heavy atom. The molecule has 0 spiro atoms. The van der Waals surface area contributed by atoms with Gasteiger partial charge in [0.25, 0.3) is 11.8 Å². The predicted octanol–water partition coefficient (Wildman–Crippen LogP) is 3.07. The van der Waals surface area contributed by atoms with E-state index in [-0.39, 0.29) is 13.2 Å². The summed E-state index contributed by atoms with van der Waals surface area (Å²) in [5.41, 5.74) is 3.34. The lowest BCUT2D eigenvalue weighted by Gasteiger charge is -2.09. The minimum Gasteiger partial charge on any atom is -0.462 e. The van der Waals surface area contributed by atoms with Gasteiger partial charge in [-0.25, -0.2) is 4.79 Å². The summed E-state index contributed by atoms with van der Waals surface area (Å²) in [6.45, 7) is 8.35. The smallest absolute Gasteiger partial charge is 0.341 e. The predicted molar refractivity (Wildman–Crippen MR) is 118 cm³/mol. The molecule has 166 valence electrons. The average Bonchev–Trinajstić information content (AvgIpc) is 2.97. The van der Waals surface area contributed by atoms with Crippen LogP contribution in [0.4, 0.5) is 5.00 Å². The highest BCUT2D eigenvalue weighted by Gasteiger charge is 2.22. The molecule has 0 aliphatic heterocycles. The molecule has 0 radical (unpaired) electrons. The highest BCUT2D eigenvalue weighted by Crippen LogP contribution is 2.33. The van der Waals surface area contributed by atoms with Crippen molar-refractivity contribution >= 4 is 40.1 Å². The summed E-state index contributed by atoms with van der Waals surface area (Å²) in [5.74, 6) is -2.28. The second-order valence-electron chi connectivity index (χ2n) is 6.98. The zero-order valence-corrected chi connectivity index (χ0v) is 19.0. The number of hydrogen-bond acceptors (Lipinski definition) is 7. The van der Waals surface area contributed by atoms with Gasteiger partial charge in [0.15, 0.2) is 6.61 Å².